The highest BCUT2D eigenvalue weighted by molar-refractivity contribution is 4.89. The number of likely N-dealkylation sites (tertiary alicyclic amines) is 1. The molecule has 1 spiro atoms. The highest BCUT2D eigenvalue weighted by Gasteiger charge is 2.36. The Morgan fingerprint density at radius 3 is 2.44 bits per heavy atom. The minimum Gasteiger partial charge on any atom is -0.312 e. The summed E-state index contributed by atoms with van der Waals surface area (Å²) in [6, 6.07) is 0.672. The van der Waals surface area contributed by atoms with Crippen molar-refractivity contribution < 1.29 is 0 Å². The van der Waals surface area contributed by atoms with Gasteiger partial charge >= 0.3 is 0 Å². The summed E-state index contributed by atoms with van der Waals surface area (Å²) in [4.78, 5) is 2.68. The molecule has 1 aliphatic carbocycles. The molecule has 18 heavy (non-hydrogen) atoms. The van der Waals surface area contributed by atoms with Crippen LogP contribution in [0.1, 0.15) is 51.9 Å². The van der Waals surface area contributed by atoms with Gasteiger partial charge in [-0.15, -0.1) is 6.58 Å². The van der Waals surface area contributed by atoms with Crippen LogP contribution in [0.3, 0.4) is 0 Å². The van der Waals surface area contributed by atoms with Gasteiger partial charge in [-0.2, -0.15) is 0 Å². The first kappa shape index (κ1) is 14.1. The number of hydrogen-bond donors (Lipinski definition) is 1. The molecule has 0 bridgehead atoms. The Morgan fingerprint density at radius 2 is 1.83 bits per heavy atom. The first-order chi connectivity index (χ1) is 8.76. The fraction of sp³-hybridized carbons (Fsp3) is 0.875. The maximum atomic E-state index is 3.75. The van der Waals surface area contributed by atoms with Gasteiger partial charge in [0, 0.05) is 19.1 Å². The lowest BCUT2D eigenvalue weighted by Gasteiger charge is -2.46. The molecule has 0 amide bonds. The summed E-state index contributed by atoms with van der Waals surface area (Å²) in [5.74, 6) is 0. The number of hydrogen-bond acceptors (Lipinski definition) is 2. The highest BCUT2D eigenvalue weighted by Crippen LogP contribution is 2.44. The maximum Gasteiger partial charge on any atom is 0.0192 e. The van der Waals surface area contributed by atoms with Gasteiger partial charge in [0.15, 0.2) is 0 Å². The predicted octanol–water partition coefficient (Wildman–Crippen LogP) is 3.20. The molecule has 2 aliphatic rings. The minimum absolute atomic E-state index is 0.672. The monoisotopic (exact) mass is 250 g/mol. The Morgan fingerprint density at radius 1 is 1.17 bits per heavy atom. The standard InChI is InChI=1S/C16H30N2/c1-3-11-17-14-15(2)18-12-9-16(10-13-18)7-5-4-6-8-16/h3,15,17H,1,4-14H2,2H3. The highest BCUT2D eigenvalue weighted by atomic mass is 15.2. The van der Waals surface area contributed by atoms with E-state index in [1.54, 1.807) is 0 Å². The zero-order valence-corrected chi connectivity index (χ0v) is 12.1. The zero-order chi connectivity index (χ0) is 12.8. The number of piperidine rings is 1. The molecule has 1 aliphatic heterocycles. The second-order valence-electron chi connectivity index (χ2n) is 6.39. The third kappa shape index (κ3) is 3.58. The van der Waals surface area contributed by atoms with Crippen LogP contribution in [0, 0.1) is 5.41 Å². The summed E-state index contributed by atoms with van der Waals surface area (Å²) < 4.78 is 0. The van der Waals surface area contributed by atoms with E-state index in [4.69, 9.17) is 0 Å². The first-order valence-electron chi connectivity index (χ1n) is 7.81. The van der Waals surface area contributed by atoms with Gasteiger partial charge in [0.05, 0.1) is 0 Å². The Bertz CT molecular complexity index is 246. The topological polar surface area (TPSA) is 15.3 Å². The van der Waals surface area contributed by atoms with Gasteiger partial charge in [-0.05, 0) is 51.1 Å². The van der Waals surface area contributed by atoms with Crippen LogP contribution in [0.15, 0.2) is 12.7 Å². The van der Waals surface area contributed by atoms with E-state index in [0.29, 0.717) is 6.04 Å². The second-order valence-corrected chi connectivity index (χ2v) is 6.39. The average molecular weight is 250 g/mol. The van der Waals surface area contributed by atoms with Gasteiger partial charge in [-0.25, -0.2) is 0 Å². The molecule has 1 heterocycles. The Kier molecular flexibility index (Phi) is 5.25. The van der Waals surface area contributed by atoms with Crippen molar-refractivity contribution in [2.24, 2.45) is 5.41 Å². The minimum atomic E-state index is 0.672. The van der Waals surface area contributed by atoms with Gasteiger partial charge in [0.25, 0.3) is 0 Å². The van der Waals surface area contributed by atoms with E-state index >= 15 is 0 Å². The molecular weight excluding hydrogens is 220 g/mol. The van der Waals surface area contributed by atoms with Crippen molar-refractivity contribution in [1.82, 2.24) is 10.2 Å². The van der Waals surface area contributed by atoms with Crippen molar-refractivity contribution in [2.45, 2.75) is 57.9 Å². The molecular formula is C16H30N2. The quantitative estimate of drug-likeness (QED) is 0.595. The van der Waals surface area contributed by atoms with E-state index in [1.807, 2.05) is 6.08 Å². The van der Waals surface area contributed by atoms with Crippen LogP contribution in [0.5, 0.6) is 0 Å². The molecule has 0 aromatic carbocycles. The number of nitrogens with one attached hydrogen (secondary N) is 1. The molecule has 1 unspecified atom stereocenters. The lowest BCUT2D eigenvalue weighted by Crippen LogP contribution is -2.48. The number of nitrogens with zero attached hydrogens (tertiary/aromatic N) is 1. The molecule has 2 nitrogen and oxygen atoms in total. The van der Waals surface area contributed by atoms with Crippen LogP contribution in [0.25, 0.3) is 0 Å². The lowest BCUT2D eigenvalue weighted by atomic mass is 9.68. The molecule has 1 atom stereocenters. The SMILES string of the molecule is C=CCNCC(C)N1CCC2(CCCCC2)CC1. The van der Waals surface area contributed by atoms with Crippen molar-refractivity contribution in [3.63, 3.8) is 0 Å². The molecule has 1 saturated heterocycles. The Hall–Kier alpha value is -0.340. The molecule has 1 N–H and O–H groups in total. The largest absolute Gasteiger partial charge is 0.312 e. The van der Waals surface area contributed by atoms with Gasteiger partial charge in [0.1, 0.15) is 0 Å². The lowest BCUT2D eigenvalue weighted by molar-refractivity contribution is 0.0492. The fourth-order valence-corrected chi connectivity index (χ4v) is 3.76. The fourth-order valence-electron chi connectivity index (χ4n) is 3.76. The average Bonchev–Trinajstić information content (AvgIpc) is 2.41. The normalized spacial score (nSPS) is 26.1. The van der Waals surface area contributed by atoms with Gasteiger partial charge in [-0.1, -0.05) is 25.3 Å². The Balaban J connectivity index is 1.73. The van der Waals surface area contributed by atoms with E-state index < -0.39 is 0 Å². The van der Waals surface area contributed by atoms with E-state index in [9.17, 15) is 0 Å². The van der Waals surface area contributed by atoms with Crippen LogP contribution in [-0.4, -0.2) is 37.1 Å². The summed E-state index contributed by atoms with van der Waals surface area (Å²) in [5, 5.41) is 3.44. The van der Waals surface area contributed by atoms with Crippen LogP contribution in [-0.2, 0) is 0 Å². The van der Waals surface area contributed by atoms with Crippen LogP contribution >= 0.6 is 0 Å². The van der Waals surface area contributed by atoms with E-state index in [2.05, 4.69) is 23.7 Å². The molecule has 104 valence electrons. The van der Waals surface area contributed by atoms with Crippen molar-refractivity contribution in [1.29, 1.82) is 0 Å². The first-order valence-corrected chi connectivity index (χ1v) is 7.81. The van der Waals surface area contributed by atoms with Crippen molar-refractivity contribution in [3.05, 3.63) is 12.7 Å². The van der Waals surface area contributed by atoms with E-state index in [-0.39, 0.29) is 0 Å². The van der Waals surface area contributed by atoms with Crippen molar-refractivity contribution in [3.8, 4) is 0 Å². The third-order valence-electron chi connectivity index (χ3n) is 5.12. The van der Waals surface area contributed by atoms with Crippen molar-refractivity contribution in [2.75, 3.05) is 26.2 Å². The molecule has 1 saturated carbocycles. The Labute approximate surface area is 113 Å². The third-order valence-corrected chi connectivity index (χ3v) is 5.12. The molecule has 0 radical (unpaired) electrons. The zero-order valence-electron chi connectivity index (χ0n) is 12.1. The summed E-state index contributed by atoms with van der Waals surface area (Å²) in [7, 11) is 0. The molecule has 0 aromatic rings. The predicted molar refractivity (Wildman–Crippen MR) is 78.9 cm³/mol. The van der Waals surface area contributed by atoms with Crippen LogP contribution in [0.2, 0.25) is 0 Å². The van der Waals surface area contributed by atoms with E-state index in [0.717, 1.165) is 18.5 Å². The maximum absolute atomic E-state index is 3.75. The summed E-state index contributed by atoms with van der Waals surface area (Å²) in [6.45, 7) is 10.8. The van der Waals surface area contributed by atoms with Gasteiger partial charge < -0.3 is 5.32 Å². The second kappa shape index (κ2) is 6.72. The number of rotatable bonds is 5. The van der Waals surface area contributed by atoms with Gasteiger partial charge in [0.2, 0.25) is 0 Å². The molecule has 2 fully saturated rings. The molecule has 2 heteroatoms. The molecule has 0 aromatic heterocycles. The van der Waals surface area contributed by atoms with E-state index in [1.165, 1.54) is 58.0 Å². The van der Waals surface area contributed by atoms with Crippen LogP contribution in [0.4, 0.5) is 0 Å². The van der Waals surface area contributed by atoms with Gasteiger partial charge in [-0.3, -0.25) is 4.90 Å². The van der Waals surface area contributed by atoms with Crippen molar-refractivity contribution >= 4 is 0 Å². The molecule has 2 rings (SSSR count). The summed E-state index contributed by atoms with van der Waals surface area (Å²) in [5.41, 5.74) is 0.739. The smallest absolute Gasteiger partial charge is 0.0192 e. The summed E-state index contributed by atoms with van der Waals surface area (Å²) >= 11 is 0. The summed E-state index contributed by atoms with van der Waals surface area (Å²) in [6.07, 6.45) is 12.3. The van der Waals surface area contributed by atoms with Crippen LogP contribution < -0.4 is 5.32 Å².